The maximum Gasteiger partial charge on any atom is 0.147 e. The molecule has 0 atom stereocenters. The molecule has 0 bridgehead atoms. The zero-order chi connectivity index (χ0) is 11.3. The Kier molecular flexibility index (Phi) is 1.72. The highest BCUT2D eigenvalue weighted by molar-refractivity contribution is 6.11. The van der Waals surface area contributed by atoms with Crippen molar-refractivity contribution >= 4 is 27.6 Å². The van der Waals surface area contributed by atoms with E-state index >= 15 is 0 Å². The van der Waals surface area contributed by atoms with E-state index in [9.17, 15) is 0 Å². The SMILES string of the molecule is Cc1cccc2c3ccnc(N)c3n(C)c12. The molecule has 0 aliphatic rings. The van der Waals surface area contributed by atoms with Crippen molar-refractivity contribution in [2.45, 2.75) is 6.92 Å². The molecule has 2 N–H and O–H groups in total. The number of anilines is 1. The summed E-state index contributed by atoms with van der Waals surface area (Å²) in [6.07, 6.45) is 1.76. The summed E-state index contributed by atoms with van der Waals surface area (Å²) in [5, 5.41) is 2.42. The number of aryl methyl sites for hydroxylation is 2. The van der Waals surface area contributed by atoms with Crippen LogP contribution in [0.25, 0.3) is 21.8 Å². The van der Waals surface area contributed by atoms with E-state index in [0.717, 1.165) is 5.52 Å². The van der Waals surface area contributed by atoms with Crippen LogP contribution in [0.15, 0.2) is 30.5 Å². The summed E-state index contributed by atoms with van der Waals surface area (Å²) < 4.78 is 2.13. The van der Waals surface area contributed by atoms with Crippen molar-refractivity contribution in [3.8, 4) is 0 Å². The third kappa shape index (κ3) is 0.999. The van der Waals surface area contributed by atoms with Crippen LogP contribution >= 0.6 is 0 Å². The fourth-order valence-corrected chi connectivity index (χ4v) is 2.47. The molecular weight excluding hydrogens is 198 g/mol. The molecule has 2 aromatic heterocycles. The fourth-order valence-electron chi connectivity index (χ4n) is 2.47. The van der Waals surface area contributed by atoms with Crippen molar-refractivity contribution in [3.05, 3.63) is 36.0 Å². The number of rotatable bonds is 0. The van der Waals surface area contributed by atoms with Crippen LogP contribution in [-0.2, 0) is 7.05 Å². The minimum absolute atomic E-state index is 0.593. The maximum absolute atomic E-state index is 5.94. The molecular formula is C13H13N3. The molecule has 0 amide bonds. The molecule has 0 unspecified atom stereocenters. The Morgan fingerprint density at radius 2 is 1.88 bits per heavy atom. The number of hydrogen-bond acceptors (Lipinski definition) is 2. The van der Waals surface area contributed by atoms with Gasteiger partial charge in [0.2, 0.25) is 0 Å². The van der Waals surface area contributed by atoms with Crippen molar-refractivity contribution in [1.82, 2.24) is 9.55 Å². The van der Waals surface area contributed by atoms with E-state index in [1.165, 1.54) is 21.9 Å². The molecule has 80 valence electrons. The lowest BCUT2D eigenvalue weighted by Crippen LogP contribution is -1.95. The first-order chi connectivity index (χ1) is 7.70. The Hall–Kier alpha value is -2.03. The number of fused-ring (bicyclic) bond motifs is 3. The minimum Gasteiger partial charge on any atom is -0.382 e. The quantitative estimate of drug-likeness (QED) is 0.621. The highest BCUT2D eigenvalue weighted by atomic mass is 15.0. The molecule has 16 heavy (non-hydrogen) atoms. The third-order valence-electron chi connectivity index (χ3n) is 3.15. The van der Waals surface area contributed by atoms with Gasteiger partial charge in [0.05, 0.1) is 11.0 Å². The highest BCUT2D eigenvalue weighted by Crippen LogP contribution is 2.31. The molecule has 3 rings (SSSR count). The monoisotopic (exact) mass is 211 g/mol. The summed E-state index contributed by atoms with van der Waals surface area (Å²) >= 11 is 0. The Labute approximate surface area is 93.5 Å². The molecule has 3 aromatic rings. The number of aromatic nitrogens is 2. The van der Waals surface area contributed by atoms with E-state index in [1.54, 1.807) is 6.20 Å². The lowest BCUT2D eigenvalue weighted by atomic mass is 10.1. The lowest BCUT2D eigenvalue weighted by molar-refractivity contribution is 1.01. The Morgan fingerprint density at radius 3 is 2.69 bits per heavy atom. The smallest absolute Gasteiger partial charge is 0.147 e. The summed E-state index contributed by atoms with van der Waals surface area (Å²) in [6.45, 7) is 2.12. The first-order valence-electron chi connectivity index (χ1n) is 5.28. The highest BCUT2D eigenvalue weighted by Gasteiger charge is 2.11. The number of benzene rings is 1. The van der Waals surface area contributed by atoms with E-state index in [1.807, 2.05) is 13.1 Å². The van der Waals surface area contributed by atoms with Gasteiger partial charge in [0.25, 0.3) is 0 Å². The summed E-state index contributed by atoms with van der Waals surface area (Å²) in [4.78, 5) is 4.15. The van der Waals surface area contributed by atoms with Gasteiger partial charge in [-0.25, -0.2) is 4.98 Å². The Morgan fingerprint density at radius 1 is 1.12 bits per heavy atom. The maximum atomic E-state index is 5.94. The Balaban J connectivity index is 2.70. The molecule has 2 heterocycles. The number of para-hydroxylation sites is 1. The van der Waals surface area contributed by atoms with Crippen LogP contribution in [0.3, 0.4) is 0 Å². The topological polar surface area (TPSA) is 43.8 Å². The summed E-state index contributed by atoms with van der Waals surface area (Å²) in [7, 11) is 2.04. The largest absolute Gasteiger partial charge is 0.382 e. The zero-order valence-electron chi connectivity index (χ0n) is 9.36. The zero-order valence-corrected chi connectivity index (χ0v) is 9.36. The molecule has 0 fully saturated rings. The first-order valence-corrected chi connectivity index (χ1v) is 5.28. The van der Waals surface area contributed by atoms with Gasteiger partial charge in [-0.1, -0.05) is 18.2 Å². The number of pyridine rings is 1. The van der Waals surface area contributed by atoms with Crippen LogP contribution in [0.1, 0.15) is 5.56 Å². The second-order valence-corrected chi connectivity index (χ2v) is 4.12. The van der Waals surface area contributed by atoms with Crippen LogP contribution in [0, 0.1) is 6.92 Å². The second-order valence-electron chi connectivity index (χ2n) is 4.12. The van der Waals surface area contributed by atoms with Gasteiger partial charge in [-0.3, -0.25) is 0 Å². The van der Waals surface area contributed by atoms with Crippen molar-refractivity contribution < 1.29 is 0 Å². The van der Waals surface area contributed by atoms with Gasteiger partial charge in [0.15, 0.2) is 0 Å². The van der Waals surface area contributed by atoms with Crippen LogP contribution < -0.4 is 5.73 Å². The van der Waals surface area contributed by atoms with Gasteiger partial charge in [-0.15, -0.1) is 0 Å². The van der Waals surface area contributed by atoms with E-state index in [4.69, 9.17) is 5.73 Å². The molecule has 3 heteroatoms. The molecule has 0 spiro atoms. The van der Waals surface area contributed by atoms with Crippen molar-refractivity contribution in [3.63, 3.8) is 0 Å². The van der Waals surface area contributed by atoms with Gasteiger partial charge in [0, 0.05) is 24.0 Å². The van der Waals surface area contributed by atoms with Gasteiger partial charge < -0.3 is 10.3 Å². The van der Waals surface area contributed by atoms with Gasteiger partial charge in [-0.2, -0.15) is 0 Å². The van der Waals surface area contributed by atoms with Crippen molar-refractivity contribution in [2.75, 3.05) is 5.73 Å². The summed E-state index contributed by atoms with van der Waals surface area (Å²) in [5.74, 6) is 0.593. The fraction of sp³-hybridized carbons (Fsp3) is 0.154. The van der Waals surface area contributed by atoms with Crippen LogP contribution in [0.2, 0.25) is 0 Å². The predicted molar refractivity (Wildman–Crippen MR) is 67.4 cm³/mol. The number of hydrogen-bond donors (Lipinski definition) is 1. The predicted octanol–water partition coefficient (Wildman–Crippen LogP) is 2.62. The lowest BCUT2D eigenvalue weighted by Gasteiger charge is -2.01. The van der Waals surface area contributed by atoms with Gasteiger partial charge in [0.1, 0.15) is 5.82 Å². The third-order valence-corrected chi connectivity index (χ3v) is 3.15. The van der Waals surface area contributed by atoms with E-state index < -0.39 is 0 Å². The first kappa shape index (κ1) is 9.21. The van der Waals surface area contributed by atoms with Crippen molar-refractivity contribution in [2.24, 2.45) is 7.05 Å². The van der Waals surface area contributed by atoms with Crippen molar-refractivity contribution in [1.29, 1.82) is 0 Å². The van der Waals surface area contributed by atoms with E-state index in [0.29, 0.717) is 5.82 Å². The van der Waals surface area contributed by atoms with Crippen LogP contribution in [0.4, 0.5) is 5.82 Å². The Bertz CT molecular complexity index is 636. The average Bonchev–Trinajstić information content (AvgIpc) is 2.56. The standard InChI is InChI=1S/C13H13N3/c1-8-4-3-5-9-10-6-7-15-13(14)12(10)16(2)11(8)9/h3-7H,1-2H3,(H2,14,15). The number of nitrogens with zero attached hydrogens (tertiary/aromatic N) is 2. The van der Waals surface area contributed by atoms with Gasteiger partial charge >= 0.3 is 0 Å². The summed E-state index contributed by atoms with van der Waals surface area (Å²) in [5.41, 5.74) is 9.45. The molecule has 0 aliphatic heterocycles. The van der Waals surface area contributed by atoms with Crippen LogP contribution in [-0.4, -0.2) is 9.55 Å². The molecule has 3 nitrogen and oxygen atoms in total. The summed E-state index contributed by atoms with van der Waals surface area (Å²) in [6, 6.07) is 8.34. The van der Waals surface area contributed by atoms with E-state index in [2.05, 4.69) is 34.7 Å². The molecule has 0 saturated carbocycles. The van der Waals surface area contributed by atoms with Crippen LogP contribution in [0.5, 0.6) is 0 Å². The normalized spacial score (nSPS) is 11.4. The average molecular weight is 211 g/mol. The van der Waals surface area contributed by atoms with E-state index in [-0.39, 0.29) is 0 Å². The number of nitrogens with two attached hydrogens (primary N) is 1. The number of nitrogen functional groups attached to an aromatic ring is 1. The molecule has 0 aliphatic carbocycles. The molecule has 0 radical (unpaired) electrons. The molecule has 0 saturated heterocycles. The second kappa shape index (κ2) is 2.98. The van der Waals surface area contributed by atoms with Gasteiger partial charge in [-0.05, 0) is 18.6 Å². The minimum atomic E-state index is 0.593. The molecule has 1 aromatic carbocycles.